The van der Waals surface area contributed by atoms with Crippen LogP contribution in [0.25, 0.3) is 16.6 Å². The molecule has 7 heteroatoms. The molecule has 1 saturated carbocycles. The first kappa shape index (κ1) is 17.5. The van der Waals surface area contributed by atoms with E-state index < -0.39 is 0 Å². The average molecular weight is 396 g/mol. The van der Waals surface area contributed by atoms with Crippen LogP contribution in [-0.4, -0.2) is 19.4 Å². The van der Waals surface area contributed by atoms with Crippen molar-refractivity contribution in [2.24, 2.45) is 0 Å². The molecule has 3 heterocycles. The molecule has 1 aliphatic carbocycles. The van der Waals surface area contributed by atoms with Crippen molar-refractivity contribution in [1.82, 2.24) is 19.4 Å². The van der Waals surface area contributed by atoms with Crippen LogP contribution in [0.3, 0.4) is 0 Å². The van der Waals surface area contributed by atoms with Crippen LogP contribution in [0.2, 0.25) is 0 Å². The molecule has 0 N–H and O–H groups in total. The van der Waals surface area contributed by atoms with Crippen molar-refractivity contribution in [2.75, 3.05) is 0 Å². The number of hydrogen-bond acceptors (Lipinski definition) is 5. The normalized spacial score (nSPS) is 13.7. The third kappa shape index (κ3) is 3.06. The van der Waals surface area contributed by atoms with Crippen LogP contribution in [0.5, 0.6) is 0 Å². The average Bonchev–Trinajstić information content (AvgIpc) is 3.34. The summed E-state index contributed by atoms with van der Waals surface area (Å²) < 4.78 is 3.79. The first-order chi connectivity index (χ1) is 14.3. The number of benzene rings is 1. The second kappa shape index (κ2) is 7.12. The first-order valence-corrected chi connectivity index (χ1v) is 10.2. The van der Waals surface area contributed by atoms with Crippen LogP contribution in [0.4, 0.5) is 0 Å². The van der Waals surface area contributed by atoms with Gasteiger partial charge in [0.2, 0.25) is 0 Å². The van der Waals surface area contributed by atoms with Crippen LogP contribution in [0, 0.1) is 22.7 Å². The van der Waals surface area contributed by atoms with Gasteiger partial charge in [-0.1, -0.05) is 23.9 Å². The highest BCUT2D eigenvalue weighted by molar-refractivity contribution is 7.99. The number of hydrogen-bond donors (Lipinski definition) is 0. The maximum atomic E-state index is 9.52. The van der Waals surface area contributed by atoms with Crippen molar-refractivity contribution in [2.45, 2.75) is 35.1 Å². The largest absolute Gasteiger partial charge is 0.269 e. The Kier molecular flexibility index (Phi) is 4.31. The number of pyridine rings is 1. The fourth-order valence-electron chi connectivity index (χ4n) is 3.51. The zero-order valence-electron chi connectivity index (χ0n) is 15.5. The van der Waals surface area contributed by atoms with E-state index in [2.05, 4.69) is 34.6 Å². The van der Waals surface area contributed by atoms with E-state index in [4.69, 9.17) is 0 Å². The van der Waals surface area contributed by atoms with Crippen LogP contribution < -0.4 is 0 Å². The predicted octanol–water partition coefficient (Wildman–Crippen LogP) is 4.82. The number of rotatable bonds is 4. The lowest BCUT2D eigenvalue weighted by atomic mass is 9.93. The van der Waals surface area contributed by atoms with Crippen molar-refractivity contribution >= 4 is 17.3 Å². The summed E-state index contributed by atoms with van der Waals surface area (Å²) in [4.78, 5) is 1.74. The van der Waals surface area contributed by atoms with Crippen molar-refractivity contribution < 1.29 is 0 Å². The van der Waals surface area contributed by atoms with Gasteiger partial charge in [-0.3, -0.25) is 4.68 Å². The summed E-state index contributed by atoms with van der Waals surface area (Å²) in [5, 5.41) is 27.9. The van der Waals surface area contributed by atoms with E-state index in [-0.39, 0.29) is 0 Å². The molecule has 6 nitrogen and oxygen atoms in total. The molecule has 0 radical (unpaired) electrons. The van der Waals surface area contributed by atoms with Crippen LogP contribution in [0.15, 0.2) is 64.9 Å². The van der Waals surface area contributed by atoms with Crippen molar-refractivity contribution in [1.29, 1.82) is 10.5 Å². The molecule has 0 amide bonds. The Labute approximate surface area is 172 Å². The molecule has 1 aromatic carbocycles. The zero-order chi connectivity index (χ0) is 19.8. The van der Waals surface area contributed by atoms with Gasteiger partial charge in [0.05, 0.1) is 35.1 Å². The Balaban J connectivity index is 1.63. The third-order valence-electron chi connectivity index (χ3n) is 5.31. The molecule has 0 spiro atoms. The molecule has 0 atom stereocenters. The fourth-order valence-corrected chi connectivity index (χ4v) is 4.60. The Morgan fingerprint density at radius 3 is 2.52 bits per heavy atom. The van der Waals surface area contributed by atoms with Gasteiger partial charge in [0.25, 0.3) is 0 Å². The van der Waals surface area contributed by atoms with Gasteiger partial charge in [-0.15, -0.1) is 0 Å². The minimum atomic E-state index is 0.499. The van der Waals surface area contributed by atoms with Crippen LogP contribution >= 0.6 is 11.8 Å². The van der Waals surface area contributed by atoms with Crippen molar-refractivity contribution in [3.05, 3.63) is 66.2 Å². The van der Waals surface area contributed by atoms with Gasteiger partial charge in [-0.05, 0) is 37.5 Å². The van der Waals surface area contributed by atoms with Gasteiger partial charge in [-0.25, -0.2) is 4.52 Å². The Morgan fingerprint density at radius 1 is 0.931 bits per heavy atom. The first-order valence-electron chi connectivity index (χ1n) is 9.40. The maximum absolute atomic E-state index is 9.52. The molecule has 3 aromatic heterocycles. The summed E-state index contributed by atoms with van der Waals surface area (Å²) in [6.07, 6.45) is 11.1. The number of fused-ring (bicyclic) bond motifs is 1. The van der Waals surface area contributed by atoms with E-state index >= 15 is 0 Å². The van der Waals surface area contributed by atoms with E-state index in [9.17, 15) is 10.5 Å². The molecule has 0 aliphatic heterocycles. The van der Waals surface area contributed by atoms with E-state index in [1.807, 2.05) is 35.3 Å². The molecular weight excluding hydrogens is 380 g/mol. The number of nitriles is 2. The Bertz CT molecular complexity index is 1300. The molecule has 0 bridgehead atoms. The van der Waals surface area contributed by atoms with Gasteiger partial charge < -0.3 is 0 Å². The highest BCUT2D eigenvalue weighted by Crippen LogP contribution is 2.37. The van der Waals surface area contributed by atoms with E-state index in [1.165, 1.54) is 31.0 Å². The van der Waals surface area contributed by atoms with Gasteiger partial charge in [-0.2, -0.15) is 20.7 Å². The Morgan fingerprint density at radius 2 is 1.76 bits per heavy atom. The Hall–Kier alpha value is -3.55. The SMILES string of the molecule is N#Cc1ccccc1Sc1cc(-c2cnn(C3CCC3)c2)cn2ncc(C#N)c12. The minimum Gasteiger partial charge on any atom is -0.269 e. The highest BCUT2D eigenvalue weighted by Gasteiger charge is 2.21. The second-order valence-corrected chi connectivity index (χ2v) is 8.14. The summed E-state index contributed by atoms with van der Waals surface area (Å²) in [6, 6.07) is 14.5. The minimum absolute atomic E-state index is 0.499. The number of nitrogens with zero attached hydrogens (tertiary/aromatic N) is 6. The maximum Gasteiger partial charge on any atom is 0.103 e. The highest BCUT2D eigenvalue weighted by atomic mass is 32.2. The van der Waals surface area contributed by atoms with Crippen molar-refractivity contribution in [3.63, 3.8) is 0 Å². The second-order valence-electron chi connectivity index (χ2n) is 7.06. The molecular formula is C22H16N6S. The number of aromatic nitrogens is 4. The van der Waals surface area contributed by atoms with E-state index in [0.29, 0.717) is 17.2 Å². The lowest BCUT2D eigenvalue weighted by Gasteiger charge is -2.25. The van der Waals surface area contributed by atoms with Gasteiger partial charge in [0.15, 0.2) is 0 Å². The van der Waals surface area contributed by atoms with E-state index in [0.717, 1.165) is 26.4 Å². The lowest BCUT2D eigenvalue weighted by molar-refractivity contribution is 0.289. The smallest absolute Gasteiger partial charge is 0.103 e. The molecule has 140 valence electrons. The molecule has 5 rings (SSSR count). The zero-order valence-corrected chi connectivity index (χ0v) is 16.3. The third-order valence-corrected chi connectivity index (χ3v) is 6.42. The molecule has 1 fully saturated rings. The summed E-state index contributed by atoms with van der Waals surface area (Å²) in [5.74, 6) is 0. The fraction of sp³-hybridized carbons (Fsp3) is 0.182. The summed E-state index contributed by atoms with van der Waals surface area (Å²) in [7, 11) is 0. The topological polar surface area (TPSA) is 82.7 Å². The lowest BCUT2D eigenvalue weighted by Crippen LogP contribution is -2.16. The molecule has 0 unspecified atom stereocenters. The predicted molar refractivity (Wildman–Crippen MR) is 109 cm³/mol. The quantitative estimate of drug-likeness (QED) is 0.494. The standard InChI is InChI=1S/C22H16N6S/c23-9-15-4-1-2-7-20(15)29-21-8-16(13-28-22(21)17(10-24)11-26-28)18-12-25-27(14-18)19-5-3-6-19/h1-2,4,7-8,11-14,19H,3,5-6H2. The summed E-state index contributed by atoms with van der Waals surface area (Å²) >= 11 is 1.48. The monoisotopic (exact) mass is 396 g/mol. The summed E-state index contributed by atoms with van der Waals surface area (Å²) in [5.41, 5.74) is 3.87. The van der Waals surface area contributed by atoms with Crippen LogP contribution in [-0.2, 0) is 0 Å². The molecule has 1 aliphatic rings. The molecule has 29 heavy (non-hydrogen) atoms. The van der Waals surface area contributed by atoms with Crippen LogP contribution in [0.1, 0.15) is 36.4 Å². The summed E-state index contributed by atoms with van der Waals surface area (Å²) in [6.45, 7) is 0. The van der Waals surface area contributed by atoms with Gasteiger partial charge >= 0.3 is 0 Å². The van der Waals surface area contributed by atoms with Crippen molar-refractivity contribution in [3.8, 4) is 23.3 Å². The van der Waals surface area contributed by atoms with E-state index in [1.54, 1.807) is 16.8 Å². The van der Waals surface area contributed by atoms with Gasteiger partial charge in [0, 0.05) is 33.3 Å². The van der Waals surface area contributed by atoms with Gasteiger partial charge in [0.1, 0.15) is 12.1 Å². The molecule has 0 saturated heterocycles. The molecule has 4 aromatic rings.